The van der Waals surface area contributed by atoms with Gasteiger partial charge in [0.1, 0.15) is 4.88 Å². The Morgan fingerprint density at radius 2 is 1.87 bits per heavy atom. The van der Waals surface area contributed by atoms with Gasteiger partial charge >= 0.3 is 5.97 Å². The van der Waals surface area contributed by atoms with Crippen LogP contribution in [0.4, 0.5) is 5.13 Å². The van der Waals surface area contributed by atoms with Gasteiger partial charge in [-0.25, -0.2) is 9.78 Å². The molecule has 1 N–H and O–H groups in total. The first kappa shape index (κ1) is 20.7. The van der Waals surface area contributed by atoms with E-state index in [1.54, 1.807) is 32.2 Å². The van der Waals surface area contributed by atoms with Crippen LogP contribution in [0, 0.1) is 0 Å². The van der Waals surface area contributed by atoms with Crippen molar-refractivity contribution in [1.82, 2.24) is 9.88 Å². The second-order valence-electron chi connectivity index (χ2n) is 7.10. The molecule has 0 saturated heterocycles. The van der Waals surface area contributed by atoms with E-state index in [4.69, 9.17) is 4.74 Å². The number of ether oxygens (including phenoxy) is 1. The summed E-state index contributed by atoms with van der Waals surface area (Å²) >= 11 is 1.08. The predicted molar refractivity (Wildman–Crippen MR) is 118 cm³/mol. The Morgan fingerprint density at radius 3 is 2.61 bits per heavy atom. The van der Waals surface area contributed by atoms with Crippen LogP contribution in [0.5, 0.6) is 0 Å². The second kappa shape index (κ2) is 8.69. The predicted octanol–water partition coefficient (Wildman–Crippen LogP) is 3.79. The van der Waals surface area contributed by atoms with Crippen LogP contribution in [0.2, 0.25) is 0 Å². The van der Waals surface area contributed by atoms with Crippen LogP contribution >= 0.6 is 11.3 Å². The lowest BCUT2D eigenvalue weighted by Gasteiger charge is -2.30. The van der Waals surface area contributed by atoms with Crippen LogP contribution in [-0.4, -0.2) is 47.9 Å². The summed E-state index contributed by atoms with van der Waals surface area (Å²) in [7, 11) is 1.67. The maximum absolute atomic E-state index is 13.1. The summed E-state index contributed by atoms with van der Waals surface area (Å²) in [5.74, 6) is -1.40. The maximum Gasteiger partial charge on any atom is 0.350 e. The van der Waals surface area contributed by atoms with Gasteiger partial charge in [0, 0.05) is 24.7 Å². The number of esters is 1. The Morgan fingerprint density at radius 1 is 1.16 bits per heavy atom. The molecule has 4 rings (SSSR count). The number of rotatable bonds is 5. The molecule has 2 amide bonds. The minimum absolute atomic E-state index is 0.107. The molecule has 1 aliphatic heterocycles. The lowest BCUT2D eigenvalue weighted by molar-refractivity contribution is -0.117. The molecule has 8 heteroatoms. The molecule has 0 saturated carbocycles. The number of carbonyl (C=O) groups excluding carboxylic acids is 3. The maximum atomic E-state index is 13.1. The lowest BCUT2D eigenvalue weighted by atomic mass is 9.89. The van der Waals surface area contributed by atoms with Gasteiger partial charge in [-0.3, -0.25) is 9.59 Å². The Labute approximate surface area is 183 Å². The average molecular weight is 436 g/mol. The molecule has 3 aromatic rings. The van der Waals surface area contributed by atoms with E-state index >= 15 is 0 Å². The molecular weight excluding hydrogens is 414 g/mol. The highest BCUT2D eigenvalue weighted by molar-refractivity contribution is 7.18. The highest BCUT2D eigenvalue weighted by Gasteiger charge is 2.34. The zero-order valence-electron chi connectivity index (χ0n) is 17.1. The highest BCUT2D eigenvalue weighted by Crippen LogP contribution is 2.34. The van der Waals surface area contributed by atoms with Crippen molar-refractivity contribution in [3.8, 4) is 11.3 Å². The number of nitrogens with one attached hydrogen (secondary N) is 1. The summed E-state index contributed by atoms with van der Waals surface area (Å²) in [5, 5.41) is 3.15. The van der Waals surface area contributed by atoms with Crippen molar-refractivity contribution in [1.29, 1.82) is 0 Å². The zero-order valence-corrected chi connectivity index (χ0v) is 17.9. The third-order valence-corrected chi connectivity index (χ3v) is 6.00. The van der Waals surface area contributed by atoms with Crippen LogP contribution in [0.3, 0.4) is 0 Å². The van der Waals surface area contributed by atoms with Crippen LogP contribution in [0.1, 0.15) is 38.4 Å². The summed E-state index contributed by atoms with van der Waals surface area (Å²) in [5.41, 5.74) is 2.44. The van der Waals surface area contributed by atoms with Crippen LogP contribution in [0.15, 0.2) is 54.6 Å². The molecule has 0 aliphatic carbocycles. The molecule has 0 fully saturated rings. The van der Waals surface area contributed by atoms with E-state index in [0.717, 1.165) is 16.9 Å². The molecule has 0 bridgehead atoms. The highest BCUT2D eigenvalue weighted by atomic mass is 32.1. The number of fused-ring (bicyclic) bond motifs is 1. The number of likely N-dealkylation sites (N-methyl/N-ethyl adjacent to an activating group) is 1. The van der Waals surface area contributed by atoms with Crippen molar-refractivity contribution >= 4 is 34.3 Å². The van der Waals surface area contributed by atoms with Gasteiger partial charge in [0.05, 0.1) is 18.2 Å². The van der Waals surface area contributed by atoms with Gasteiger partial charge in [-0.05, 0) is 18.6 Å². The molecule has 1 atom stereocenters. The zero-order chi connectivity index (χ0) is 22.0. The van der Waals surface area contributed by atoms with Crippen molar-refractivity contribution in [3.05, 3.63) is 70.6 Å². The first-order valence-electron chi connectivity index (χ1n) is 9.88. The number of nitrogens with zero attached hydrogens (tertiary/aromatic N) is 2. The third-order valence-electron chi connectivity index (χ3n) is 5.05. The first-order valence-corrected chi connectivity index (χ1v) is 10.7. The molecule has 2 heterocycles. The smallest absolute Gasteiger partial charge is 0.350 e. The quantitative estimate of drug-likeness (QED) is 0.616. The van der Waals surface area contributed by atoms with Gasteiger partial charge in [-0.2, -0.15) is 0 Å². The molecule has 0 radical (unpaired) electrons. The minimum Gasteiger partial charge on any atom is -0.462 e. The summed E-state index contributed by atoms with van der Waals surface area (Å²) in [6.45, 7) is 2.25. The molecule has 1 aliphatic rings. The summed E-state index contributed by atoms with van der Waals surface area (Å²) < 4.78 is 5.17. The van der Waals surface area contributed by atoms with E-state index in [9.17, 15) is 14.4 Å². The number of thiazole rings is 1. The topological polar surface area (TPSA) is 88.6 Å². The molecule has 2 aromatic carbocycles. The van der Waals surface area contributed by atoms with Crippen LogP contribution < -0.4 is 5.32 Å². The number of amides is 2. The van der Waals surface area contributed by atoms with Gasteiger partial charge in [0.15, 0.2) is 5.13 Å². The summed E-state index contributed by atoms with van der Waals surface area (Å²) in [6, 6.07) is 16.4. The largest absolute Gasteiger partial charge is 0.462 e. The van der Waals surface area contributed by atoms with Crippen molar-refractivity contribution in [2.75, 3.05) is 25.5 Å². The molecule has 158 valence electrons. The standard InChI is InChI=1S/C23H21N3O4S/c1-3-30-22(29)19-18(14-9-5-4-6-10-14)24-23(31-19)25-20(27)17-13-26(2)21(28)16-12-8-7-11-15(16)17/h4-12,17H,3,13H2,1-2H3,(H,24,25,27). The van der Waals surface area contributed by atoms with E-state index in [2.05, 4.69) is 10.3 Å². The number of hydrogen-bond acceptors (Lipinski definition) is 6. The van der Waals surface area contributed by atoms with E-state index in [1.807, 2.05) is 36.4 Å². The van der Waals surface area contributed by atoms with Gasteiger partial charge in [-0.15, -0.1) is 0 Å². The van der Waals surface area contributed by atoms with Crippen molar-refractivity contribution < 1.29 is 19.1 Å². The van der Waals surface area contributed by atoms with E-state index in [-0.39, 0.29) is 25.0 Å². The van der Waals surface area contributed by atoms with Crippen molar-refractivity contribution in [2.45, 2.75) is 12.8 Å². The minimum atomic E-state index is -0.533. The van der Waals surface area contributed by atoms with E-state index in [1.165, 1.54) is 4.90 Å². The summed E-state index contributed by atoms with van der Waals surface area (Å²) in [6.07, 6.45) is 0. The van der Waals surface area contributed by atoms with E-state index < -0.39 is 11.9 Å². The van der Waals surface area contributed by atoms with Crippen molar-refractivity contribution in [3.63, 3.8) is 0 Å². The van der Waals surface area contributed by atoms with Gasteiger partial charge in [-0.1, -0.05) is 59.9 Å². The Kier molecular flexibility index (Phi) is 5.81. The Bertz CT molecular complexity index is 1140. The first-order chi connectivity index (χ1) is 15.0. The van der Waals surface area contributed by atoms with Crippen molar-refractivity contribution in [2.24, 2.45) is 0 Å². The van der Waals surface area contributed by atoms with Gasteiger partial charge < -0.3 is 15.0 Å². The fraction of sp³-hybridized carbons (Fsp3) is 0.217. The molecule has 1 aromatic heterocycles. The van der Waals surface area contributed by atoms with Crippen LogP contribution in [0.25, 0.3) is 11.3 Å². The second-order valence-corrected chi connectivity index (χ2v) is 8.10. The van der Waals surface area contributed by atoms with E-state index in [0.29, 0.717) is 26.8 Å². The molecule has 0 spiro atoms. The fourth-order valence-electron chi connectivity index (χ4n) is 3.57. The number of benzene rings is 2. The molecule has 7 nitrogen and oxygen atoms in total. The molecule has 31 heavy (non-hydrogen) atoms. The average Bonchev–Trinajstić information content (AvgIpc) is 3.21. The SMILES string of the molecule is CCOC(=O)c1sc(NC(=O)C2CN(C)C(=O)c3ccccc32)nc1-c1ccccc1. The number of hydrogen-bond donors (Lipinski definition) is 1. The van der Waals surface area contributed by atoms with Gasteiger partial charge in [0.2, 0.25) is 5.91 Å². The van der Waals surface area contributed by atoms with Crippen LogP contribution in [-0.2, 0) is 9.53 Å². The Balaban J connectivity index is 1.65. The normalized spacial score (nSPS) is 15.4. The molecular formula is C23H21N3O4S. The van der Waals surface area contributed by atoms with Gasteiger partial charge in [0.25, 0.3) is 5.91 Å². The summed E-state index contributed by atoms with van der Waals surface area (Å²) in [4.78, 5) is 44.4. The fourth-order valence-corrected chi connectivity index (χ4v) is 4.46. The Hall–Kier alpha value is -3.52. The lowest BCUT2D eigenvalue weighted by Crippen LogP contribution is -2.41. The molecule has 1 unspecified atom stereocenters. The third kappa shape index (κ3) is 4.06. The number of aromatic nitrogens is 1. The monoisotopic (exact) mass is 435 g/mol. The number of anilines is 1. The number of carbonyl (C=O) groups is 3.